The fourth-order valence-corrected chi connectivity index (χ4v) is 1.72. The highest BCUT2D eigenvalue weighted by Crippen LogP contribution is 2.05. The van der Waals surface area contributed by atoms with Gasteiger partial charge in [0.15, 0.2) is 5.82 Å². The standard InChI is InChI=1S/C13H19N5/c1-3-8-14-9-13-15-16-17-18(13)10-12-6-4-11(2)5-7-12/h4-7,14H,3,8-10H2,1-2H3. The van der Waals surface area contributed by atoms with Crippen LogP contribution in [0.4, 0.5) is 0 Å². The number of hydrogen-bond donors (Lipinski definition) is 1. The van der Waals surface area contributed by atoms with Gasteiger partial charge in [0.05, 0.1) is 13.1 Å². The maximum absolute atomic E-state index is 4.04. The molecule has 2 aromatic rings. The Labute approximate surface area is 107 Å². The van der Waals surface area contributed by atoms with Crippen molar-refractivity contribution in [2.45, 2.75) is 33.4 Å². The summed E-state index contributed by atoms with van der Waals surface area (Å²) in [6, 6.07) is 8.43. The molecular formula is C13H19N5. The first-order valence-electron chi connectivity index (χ1n) is 6.31. The number of nitrogens with zero attached hydrogens (tertiary/aromatic N) is 4. The van der Waals surface area contributed by atoms with Crippen molar-refractivity contribution in [3.63, 3.8) is 0 Å². The highest BCUT2D eigenvalue weighted by atomic mass is 15.5. The summed E-state index contributed by atoms with van der Waals surface area (Å²) in [4.78, 5) is 0. The third kappa shape index (κ3) is 3.37. The van der Waals surface area contributed by atoms with Crippen molar-refractivity contribution < 1.29 is 0 Å². The highest BCUT2D eigenvalue weighted by molar-refractivity contribution is 5.21. The molecule has 1 aromatic carbocycles. The van der Waals surface area contributed by atoms with Gasteiger partial charge >= 0.3 is 0 Å². The molecule has 0 aliphatic heterocycles. The van der Waals surface area contributed by atoms with Crippen molar-refractivity contribution in [3.05, 3.63) is 41.2 Å². The smallest absolute Gasteiger partial charge is 0.165 e. The Hall–Kier alpha value is -1.75. The molecule has 0 fully saturated rings. The zero-order valence-electron chi connectivity index (χ0n) is 10.9. The number of hydrogen-bond acceptors (Lipinski definition) is 4. The van der Waals surface area contributed by atoms with E-state index in [4.69, 9.17) is 0 Å². The van der Waals surface area contributed by atoms with Crippen molar-refractivity contribution in [2.24, 2.45) is 0 Å². The van der Waals surface area contributed by atoms with Crippen LogP contribution in [0.1, 0.15) is 30.3 Å². The topological polar surface area (TPSA) is 55.6 Å². The van der Waals surface area contributed by atoms with Gasteiger partial charge in [-0.3, -0.25) is 0 Å². The van der Waals surface area contributed by atoms with Crippen molar-refractivity contribution in [1.29, 1.82) is 0 Å². The van der Waals surface area contributed by atoms with Gasteiger partial charge in [0.1, 0.15) is 0 Å². The van der Waals surface area contributed by atoms with E-state index in [0.717, 1.165) is 25.3 Å². The Morgan fingerprint density at radius 2 is 2.00 bits per heavy atom. The van der Waals surface area contributed by atoms with Gasteiger partial charge in [0.25, 0.3) is 0 Å². The van der Waals surface area contributed by atoms with Crippen LogP contribution in [0.15, 0.2) is 24.3 Å². The first-order chi connectivity index (χ1) is 8.79. The Morgan fingerprint density at radius 3 is 2.72 bits per heavy atom. The second-order valence-electron chi connectivity index (χ2n) is 4.42. The molecule has 18 heavy (non-hydrogen) atoms. The molecule has 5 nitrogen and oxygen atoms in total. The van der Waals surface area contributed by atoms with E-state index in [1.165, 1.54) is 11.1 Å². The van der Waals surface area contributed by atoms with Crippen molar-refractivity contribution in [2.75, 3.05) is 6.54 Å². The van der Waals surface area contributed by atoms with Crippen LogP contribution in [0.3, 0.4) is 0 Å². The van der Waals surface area contributed by atoms with Gasteiger partial charge < -0.3 is 5.32 Å². The average molecular weight is 245 g/mol. The van der Waals surface area contributed by atoms with Gasteiger partial charge in [-0.1, -0.05) is 36.8 Å². The lowest BCUT2D eigenvalue weighted by atomic mass is 10.1. The van der Waals surface area contributed by atoms with Crippen molar-refractivity contribution in [1.82, 2.24) is 25.5 Å². The van der Waals surface area contributed by atoms with Gasteiger partial charge in [-0.05, 0) is 35.9 Å². The monoisotopic (exact) mass is 245 g/mol. The number of aryl methyl sites for hydroxylation is 1. The van der Waals surface area contributed by atoms with E-state index in [1.807, 2.05) is 4.68 Å². The predicted molar refractivity (Wildman–Crippen MR) is 70.1 cm³/mol. The molecule has 0 aliphatic carbocycles. The van der Waals surface area contributed by atoms with E-state index < -0.39 is 0 Å². The molecule has 0 saturated heterocycles. The van der Waals surface area contributed by atoms with Crippen molar-refractivity contribution >= 4 is 0 Å². The Morgan fingerprint density at radius 1 is 1.22 bits per heavy atom. The van der Waals surface area contributed by atoms with Crippen LogP contribution in [-0.2, 0) is 13.1 Å². The average Bonchev–Trinajstić information content (AvgIpc) is 2.80. The third-order valence-corrected chi connectivity index (χ3v) is 2.77. The largest absolute Gasteiger partial charge is 0.310 e. The quantitative estimate of drug-likeness (QED) is 0.784. The normalized spacial score (nSPS) is 10.8. The molecule has 0 aliphatic rings. The molecule has 0 amide bonds. The van der Waals surface area contributed by atoms with E-state index >= 15 is 0 Å². The molecule has 1 aromatic heterocycles. The summed E-state index contributed by atoms with van der Waals surface area (Å²) in [7, 11) is 0. The molecule has 96 valence electrons. The van der Waals surface area contributed by atoms with E-state index in [9.17, 15) is 0 Å². The summed E-state index contributed by atoms with van der Waals surface area (Å²) < 4.78 is 1.84. The van der Waals surface area contributed by atoms with Crippen LogP contribution in [0.25, 0.3) is 0 Å². The molecule has 0 unspecified atom stereocenters. The number of nitrogens with one attached hydrogen (secondary N) is 1. The zero-order valence-corrected chi connectivity index (χ0v) is 10.9. The second kappa shape index (κ2) is 6.26. The van der Waals surface area contributed by atoms with E-state index in [-0.39, 0.29) is 0 Å². The summed E-state index contributed by atoms with van der Waals surface area (Å²) in [6.45, 7) is 6.64. The Kier molecular flexibility index (Phi) is 4.41. The van der Waals surface area contributed by atoms with E-state index in [0.29, 0.717) is 6.54 Å². The fourth-order valence-electron chi connectivity index (χ4n) is 1.72. The fraction of sp³-hybridized carbons (Fsp3) is 0.462. The number of tetrazole rings is 1. The SMILES string of the molecule is CCCNCc1nnnn1Cc1ccc(C)cc1. The number of rotatable bonds is 6. The van der Waals surface area contributed by atoms with Gasteiger partial charge in [-0.15, -0.1) is 5.10 Å². The lowest BCUT2D eigenvalue weighted by molar-refractivity contribution is 0.577. The summed E-state index contributed by atoms with van der Waals surface area (Å²) >= 11 is 0. The molecule has 5 heteroatoms. The maximum Gasteiger partial charge on any atom is 0.165 e. The molecular weight excluding hydrogens is 226 g/mol. The summed E-state index contributed by atoms with van der Waals surface area (Å²) in [5.41, 5.74) is 2.48. The van der Waals surface area contributed by atoms with Crippen LogP contribution < -0.4 is 5.32 Å². The molecule has 1 heterocycles. The van der Waals surface area contributed by atoms with Crippen LogP contribution >= 0.6 is 0 Å². The first-order valence-corrected chi connectivity index (χ1v) is 6.31. The minimum Gasteiger partial charge on any atom is -0.310 e. The van der Waals surface area contributed by atoms with Crippen LogP contribution in [0, 0.1) is 6.92 Å². The number of aromatic nitrogens is 4. The summed E-state index contributed by atoms with van der Waals surface area (Å²) in [5, 5.41) is 15.1. The lowest BCUT2D eigenvalue weighted by Gasteiger charge is -2.06. The molecule has 0 saturated carbocycles. The van der Waals surface area contributed by atoms with Gasteiger partial charge in [-0.25, -0.2) is 4.68 Å². The molecule has 0 radical (unpaired) electrons. The van der Waals surface area contributed by atoms with Crippen molar-refractivity contribution in [3.8, 4) is 0 Å². The summed E-state index contributed by atoms with van der Waals surface area (Å²) in [6.07, 6.45) is 1.11. The Bertz CT molecular complexity index is 474. The predicted octanol–water partition coefficient (Wildman–Crippen LogP) is 1.53. The second-order valence-corrected chi connectivity index (χ2v) is 4.42. The van der Waals surface area contributed by atoms with E-state index in [2.05, 4.69) is 59.0 Å². The minimum atomic E-state index is 0.715. The number of benzene rings is 1. The molecule has 2 rings (SSSR count). The Balaban J connectivity index is 2.00. The zero-order chi connectivity index (χ0) is 12.8. The molecule has 1 N–H and O–H groups in total. The van der Waals surface area contributed by atoms with Gasteiger partial charge in [-0.2, -0.15) is 0 Å². The van der Waals surface area contributed by atoms with Crippen LogP contribution in [-0.4, -0.2) is 26.8 Å². The molecule has 0 atom stereocenters. The third-order valence-electron chi connectivity index (χ3n) is 2.77. The first kappa shape index (κ1) is 12.7. The van der Waals surface area contributed by atoms with E-state index in [1.54, 1.807) is 0 Å². The minimum absolute atomic E-state index is 0.715. The highest BCUT2D eigenvalue weighted by Gasteiger charge is 2.05. The molecule has 0 bridgehead atoms. The maximum atomic E-state index is 4.04. The lowest BCUT2D eigenvalue weighted by Crippen LogP contribution is -2.18. The van der Waals surface area contributed by atoms with Gasteiger partial charge in [0, 0.05) is 0 Å². The van der Waals surface area contributed by atoms with Gasteiger partial charge in [0.2, 0.25) is 0 Å². The van der Waals surface area contributed by atoms with Crippen LogP contribution in [0.2, 0.25) is 0 Å². The summed E-state index contributed by atoms with van der Waals surface area (Å²) in [5.74, 6) is 0.879. The van der Waals surface area contributed by atoms with Crippen LogP contribution in [0.5, 0.6) is 0 Å². The molecule has 0 spiro atoms.